The van der Waals surface area contributed by atoms with E-state index in [4.69, 9.17) is 21.2 Å². The summed E-state index contributed by atoms with van der Waals surface area (Å²) in [5.74, 6) is -0.234. The maximum absolute atomic E-state index is 11.3. The fourth-order valence-electron chi connectivity index (χ4n) is 2.54. The van der Waals surface area contributed by atoms with Crippen LogP contribution in [0.5, 0.6) is 0 Å². The smallest absolute Gasteiger partial charge is 0.406 e. The van der Waals surface area contributed by atoms with Gasteiger partial charge in [0.1, 0.15) is 18.1 Å². The van der Waals surface area contributed by atoms with E-state index in [0.717, 1.165) is 5.56 Å². The number of halogens is 1. The number of amides is 1. The van der Waals surface area contributed by atoms with E-state index in [1.807, 2.05) is 55.5 Å². The molecule has 1 aliphatic rings. The van der Waals surface area contributed by atoms with Gasteiger partial charge in [0.15, 0.2) is 0 Å². The van der Waals surface area contributed by atoms with Crippen LogP contribution >= 0.6 is 11.6 Å². The molecule has 1 aromatic carbocycles. The van der Waals surface area contributed by atoms with Crippen LogP contribution in [0.1, 0.15) is 18.1 Å². The van der Waals surface area contributed by atoms with Gasteiger partial charge in [-0.1, -0.05) is 59.3 Å². The molecule has 1 N–H and O–H groups in total. The molecular formula is C19H23ClN2O3. The Hall–Kier alpha value is -2.27. The maximum atomic E-state index is 11.3. The minimum atomic E-state index is -0.893. The minimum absolute atomic E-state index is 0.148. The van der Waals surface area contributed by atoms with E-state index in [-0.39, 0.29) is 12.5 Å². The predicted octanol–water partition coefficient (Wildman–Crippen LogP) is 3.96. The van der Waals surface area contributed by atoms with Crippen LogP contribution in [-0.4, -0.2) is 30.3 Å². The lowest BCUT2D eigenvalue weighted by molar-refractivity contribution is 0.125. The normalized spacial score (nSPS) is 22.6. The number of aryl methyl sites for hydroxylation is 1. The molecule has 0 aliphatic heterocycles. The Morgan fingerprint density at radius 2 is 2.20 bits per heavy atom. The lowest BCUT2D eigenvalue weighted by Gasteiger charge is -2.31. The van der Waals surface area contributed by atoms with E-state index in [0.29, 0.717) is 12.3 Å². The largest absolute Gasteiger partial charge is 0.449 e. The van der Waals surface area contributed by atoms with Crippen molar-refractivity contribution in [2.75, 3.05) is 13.7 Å². The number of hydrogen-bond acceptors (Lipinski definition) is 4. The SMILES string of the molecule is CNC(=O)OCC1C=CC=CC1(Cl)C(C)=NOCc1cccc(C)c1. The highest BCUT2D eigenvalue weighted by Crippen LogP contribution is 2.33. The molecule has 6 heteroatoms. The number of benzene rings is 1. The molecule has 1 aliphatic carbocycles. The topological polar surface area (TPSA) is 59.9 Å². The number of alkyl halides is 1. The molecule has 2 atom stereocenters. The third-order valence-electron chi connectivity index (χ3n) is 4.00. The van der Waals surface area contributed by atoms with Crippen molar-refractivity contribution in [1.82, 2.24) is 5.32 Å². The number of oxime groups is 1. The number of carbonyl (C=O) groups excluding carboxylic acids is 1. The van der Waals surface area contributed by atoms with Gasteiger partial charge in [0.2, 0.25) is 0 Å². The molecule has 134 valence electrons. The Balaban J connectivity index is 2.02. The van der Waals surface area contributed by atoms with Crippen LogP contribution in [0, 0.1) is 12.8 Å². The zero-order valence-corrected chi connectivity index (χ0v) is 15.4. The first-order valence-electron chi connectivity index (χ1n) is 8.07. The lowest BCUT2D eigenvalue weighted by atomic mass is 9.85. The number of allylic oxidation sites excluding steroid dienone is 3. The molecular weight excluding hydrogens is 340 g/mol. The fraction of sp³-hybridized carbons (Fsp3) is 0.368. The van der Waals surface area contributed by atoms with Crippen LogP contribution < -0.4 is 5.32 Å². The fourth-order valence-corrected chi connectivity index (χ4v) is 2.78. The molecule has 0 bridgehead atoms. The summed E-state index contributed by atoms with van der Waals surface area (Å²) in [7, 11) is 1.51. The molecule has 0 aromatic heterocycles. The number of nitrogens with one attached hydrogen (secondary N) is 1. The van der Waals surface area contributed by atoms with Crippen molar-refractivity contribution >= 4 is 23.4 Å². The number of hydrogen-bond donors (Lipinski definition) is 1. The summed E-state index contributed by atoms with van der Waals surface area (Å²) < 4.78 is 5.15. The first-order valence-corrected chi connectivity index (χ1v) is 8.45. The standard InChI is InChI=1S/C19H23ClN2O3/c1-14-7-6-8-16(11-14)12-25-22-15(2)19(20)10-5-4-9-17(19)13-24-18(23)21-3/h4-11,17H,12-13H2,1-3H3,(H,21,23). The molecule has 2 unspecified atom stereocenters. The van der Waals surface area contributed by atoms with Crippen molar-refractivity contribution in [3.8, 4) is 0 Å². The van der Waals surface area contributed by atoms with Gasteiger partial charge >= 0.3 is 6.09 Å². The second kappa shape index (κ2) is 8.72. The number of rotatable bonds is 6. The van der Waals surface area contributed by atoms with E-state index in [1.165, 1.54) is 12.6 Å². The summed E-state index contributed by atoms with van der Waals surface area (Å²) in [4.78, 5) is 15.9. The van der Waals surface area contributed by atoms with Crippen LogP contribution in [-0.2, 0) is 16.2 Å². The van der Waals surface area contributed by atoms with Crippen LogP contribution in [0.3, 0.4) is 0 Å². The Bertz CT molecular complexity index is 700. The van der Waals surface area contributed by atoms with Crippen molar-refractivity contribution in [3.63, 3.8) is 0 Å². The van der Waals surface area contributed by atoms with Gasteiger partial charge in [0, 0.05) is 13.0 Å². The van der Waals surface area contributed by atoms with Gasteiger partial charge in [-0.2, -0.15) is 0 Å². The van der Waals surface area contributed by atoms with Crippen molar-refractivity contribution in [2.24, 2.45) is 11.1 Å². The highest BCUT2D eigenvalue weighted by Gasteiger charge is 2.38. The molecule has 1 aromatic rings. The quantitative estimate of drug-likeness (QED) is 0.473. The number of carbonyl (C=O) groups is 1. The van der Waals surface area contributed by atoms with Crippen LogP contribution in [0.4, 0.5) is 4.79 Å². The first-order chi connectivity index (χ1) is 12.0. The molecule has 0 heterocycles. The van der Waals surface area contributed by atoms with Crippen molar-refractivity contribution in [3.05, 3.63) is 59.7 Å². The van der Waals surface area contributed by atoms with Gasteiger partial charge in [0.05, 0.1) is 5.71 Å². The molecule has 0 saturated carbocycles. The van der Waals surface area contributed by atoms with Crippen LogP contribution in [0.25, 0.3) is 0 Å². The van der Waals surface area contributed by atoms with E-state index in [9.17, 15) is 4.79 Å². The number of nitrogens with zero attached hydrogens (tertiary/aromatic N) is 1. The Morgan fingerprint density at radius 1 is 1.40 bits per heavy atom. The number of alkyl carbamates (subject to hydrolysis) is 1. The zero-order valence-electron chi connectivity index (χ0n) is 14.7. The van der Waals surface area contributed by atoms with E-state index < -0.39 is 11.0 Å². The van der Waals surface area contributed by atoms with E-state index in [1.54, 1.807) is 6.92 Å². The van der Waals surface area contributed by atoms with Gasteiger partial charge in [-0.25, -0.2) is 4.79 Å². The molecule has 25 heavy (non-hydrogen) atoms. The third kappa shape index (κ3) is 5.10. The lowest BCUT2D eigenvalue weighted by Crippen LogP contribution is -2.41. The maximum Gasteiger partial charge on any atom is 0.406 e. The Labute approximate surface area is 153 Å². The summed E-state index contributed by atoms with van der Waals surface area (Å²) in [6.07, 6.45) is 6.96. The molecule has 0 spiro atoms. The van der Waals surface area contributed by atoms with Crippen LogP contribution in [0.15, 0.2) is 53.7 Å². The van der Waals surface area contributed by atoms with Gasteiger partial charge in [-0.3, -0.25) is 0 Å². The second-order valence-corrected chi connectivity index (χ2v) is 6.53. The third-order valence-corrected chi connectivity index (χ3v) is 4.68. The average Bonchev–Trinajstić information content (AvgIpc) is 2.60. The molecule has 0 radical (unpaired) electrons. The van der Waals surface area contributed by atoms with Crippen molar-refractivity contribution in [2.45, 2.75) is 25.3 Å². The van der Waals surface area contributed by atoms with Gasteiger partial charge < -0.3 is 14.9 Å². The Morgan fingerprint density at radius 3 is 2.92 bits per heavy atom. The molecule has 2 rings (SSSR count). The highest BCUT2D eigenvalue weighted by atomic mass is 35.5. The minimum Gasteiger partial charge on any atom is -0.449 e. The molecule has 1 amide bonds. The molecule has 0 saturated heterocycles. The highest BCUT2D eigenvalue weighted by molar-refractivity contribution is 6.38. The summed E-state index contributed by atoms with van der Waals surface area (Å²) in [6.45, 7) is 4.35. The van der Waals surface area contributed by atoms with Crippen molar-refractivity contribution < 1.29 is 14.4 Å². The van der Waals surface area contributed by atoms with E-state index >= 15 is 0 Å². The molecule has 5 nitrogen and oxygen atoms in total. The second-order valence-electron chi connectivity index (χ2n) is 5.91. The Kier molecular flexibility index (Phi) is 6.65. The van der Waals surface area contributed by atoms with E-state index in [2.05, 4.69) is 10.5 Å². The van der Waals surface area contributed by atoms with Crippen molar-refractivity contribution in [1.29, 1.82) is 0 Å². The van der Waals surface area contributed by atoms with Crippen LogP contribution in [0.2, 0.25) is 0 Å². The monoisotopic (exact) mass is 362 g/mol. The first kappa shape index (κ1) is 19.1. The predicted molar refractivity (Wildman–Crippen MR) is 99.8 cm³/mol. The summed E-state index contributed by atoms with van der Waals surface area (Å²) in [6, 6.07) is 8.04. The summed E-state index contributed by atoms with van der Waals surface area (Å²) in [5.41, 5.74) is 2.81. The summed E-state index contributed by atoms with van der Waals surface area (Å²) >= 11 is 6.76. The zero-order chi connectivity index (χ0) is 18.3. The number of ether oxygens (including phenoxy) is 1. The molecule has 0 fully saturated rings. The van der Waals surface area contributed by atoms with Gasteiger partial charge in [0.25, 0.3) is 0 Å². The van der Waals surface area contributed by atoms with Gasteiger partial charge in [-0.15, -0.1) is 11.6 Å². The van der Waals surface area contributed by atoms with Gasteiger partial charge in [-0.05, 0) is 19.4 Å². The summed E-state index contributed by atoms with van der Waals surface area (Å²) in [5, 5.41) is 6.60. The average molecular weight is 363 g/mol.